The van der Waals surface area contributed by atoms with Crippen molar-refractivity contribution < 1.29 is 4.79 Å². The third kappa shape index (κ3) is 2.84. The van der Waals surface area contributed by atoms with Crippen molar-refractivity contribution in [3.05, 3.63) is 53.9 Å². The molecule has 0 bridgehead atoms. The number of nitrogens with zero attached hydrogens (tertiary/aromatic N) is 2. The van der Waals surface area contributed by atoms with Crippen molar-refractivity contribution in [1.29, 1.82) is 0 Å². The maximum Gasteiger partial charge on any atom is 0.159 e. The van der Waals surface area contributed by atoms with Crippen LogP contribution < -0.4 is 0 Å². The van der Waals surface area contributed by atoms with Crippen molar-refractivity contribution in [1.82, 2.24) is 9.97 Å². The molecule has 0 N–H and O–H groups in total. The van der Waals surface area contributed by atoms with Crippen LogP contribution in [0.2, 0.25) is 0 Å². The van der Waals surface area contributed by atoms with Gasteiger partial charge in [-0.2, -0.15) is 0 Å². The van der Waals surface area contributed by atoms with E-state index < -0.39 is 0 Å². The minimum atomic E-state index is 0.677. The van der Waals surface area contributed by atoms with Crippen LogP contribution in [0.25, 0.3) is 17.5 Å². The monoisotopic (exact) mass is 224 g/mol. The average molecular weight is 224 g/mol. The summed E-state index contributed by atoms with van der Waals surface area (Å²) < 4.78 is 0. The summed E-state index contributed by atoms with van der Waals surface area (Å²) in [7, 11) is 0. The van der Waals surface area contributed by atoms with Crippen LogP contribution in [-0.4, -0.2) is 16.3 Å². The predicted octanol–water partition coefficient (Wildman–Crippen LogP) is 2.66. The van der Waals surface area contributed by atoms with Crippen molar-refractivity contribution in [2.24, 2.45) is 0 Å². The topological polar surface area (TPSA) is 42.9 Å². The fourth-order valence-corrected chi connectivity index (χ4v) is 1.53. The highest BCUT2D eigenvalue weighted by atomic mass is 16.1. The molecule has 0 fully saturated rings. The maximum absolute atomic E-state index is 10.3. The van der Waals surface area contributed by atoms with Crippen molar-refractivity contribution in [3.8, 4) is 11.4 Å². The summed E-state index contributed by atoms with van der Waals surface area (Å²) in [4.78, 5) is 19.1. The fourth-order valence-electron chi connectivity index (χ4n) is 1.53. The maximum atomic E-state index is 10.3. The molecule has 2 rings (SSSR count). The summed E-state index contributed by atoms with van der Waals surface area (Å²) >= 11 is 0. The first-order chi connectivity index (χ1) is 8.29. The predicted molar refractivity (Wildman–Crippen MR) is 67.3 cm³/mol. The van der Waals surface area contributed by atoms with E-state index in [-0.39, 0.29) is 0 Å². The lowest BCUT2D eigenvalue weighted by Crippen LogP contribution is -1.94. The van der Waals surface area contributed by atoms with Gasteiger partial charge in [-0.15, -0.1) is 0 Å². The first kappa shape index (κ1) is 11.2. The number of allylic oxidation sites excluding steroid dienone is 1. The lowest BCUT2D eigenvalue weighted by molar-refractivity contribution is -0.104. The molecule has 0 aliphatic rings. The highest BCUT2D eigenvalue weighted by Gasteiger charge is 2.02. The number of hydrogen-bond donors (Lipinski definition) is 0. The molecule has 1 aromatic carbocycles. The van der Waals surface area contributed by atoms with Crippen LogP contribution in [0.3, 0.4) is 0 Å². The van der Waals surface area contributed by atoms with Crippen LogP contribution in [0, 0.1) is 6.92 Å². The highest BCUT2D eigenvalue weighted by Crippen LogP contribution is 2.15. The molecule has 3 nitrogen and oxygen atoms in total. The third-order valence-electron chi connectivity index (χ3n) is 2.25. The van der Waals surface area contributed by atoms with Gasteiger partial charge < -0.3 is 0 Å². The molecular formula is C14H12N2O. The van der Waals surface area contributed by atoms with Gasteiger partial charge in [0.15, 0.2) is 5.82 Å². The summed E-state index contributed by atoms with van der Waals surface area (Å²) in [5.41, 5.74) is 2.59. The third-order valence-corrected chi connectivity index (χ3v) is 2.25. The van der Waals surface area contributed by atoms with Gasteiger partial charge in [-0.3, -0.25) is 4.79 Å². The van der Waals surface area contributed by atoms with E-state index in [0.29, 0.717) is 5.82 Å². The minimum absolute atomic E-state index is 0.677. The summed E-state index contributed by atoms with van der Waals surface area (Å²) in [6.07, 6.45) is 3.84. The Balaban J connectivity index is 2.45. The second kappa shape index (κ2) is 5.16. The van der Waals surface area contributed by atoms with Crippen molar-refractivity contribution in [2.75, 3.05) is 0 Å². The number of rotatable bonds is 3. The molecule has 0 aliphatic carbocycles. The van der Waals surface area contributed by atoms with Gasteiger partial charge in [0.2, 0.25) is 0 Å². The number of hydrogen-bond acceptors (Lipinski definition) is 3. The Bertz CT molecular complexity index is 547. The summed E-state index contributed by atoms with van der Waals surface area (Å²) in [5.74, 6) is 0.677. The lowest BCUT2D eigenvalue weighted by atomic mass is 10.2. The Labute approximate surface area is 99.9 Å². The van der Waals surface area contributed by atoms with E-state index in [0.717, 1.165) is 23.2 Å². The Hall–Kier alpha value is -2.29. The number of carbonyl (C=O) groups is 1. The second-order valence-corrected chi connectivity index (χ2v) is 3.62. The van der Waals surface area contributed by atoms with E-state index in [1.54, 1.807) is 6.08 Å². The second-order valence-electron chi connectivity index (χ2n) is 3.62. The summed E-state index contributed by atoms with van der Waals surface area (Å²) in [6.45, 7) is 1.91. The number of aryl methyl sites for hydroxylation is 1. The molecule has 0 atom stereocenters. The van der Waals surface area contributed by atoms with Gasteiger partial charge in [-0.25, -0.2) is 9.97 Å². The van der Waals surface area contributed by atoms with Crippen molar-refractivity contribution in [2.45, 2.75) is 6.92 Å². The molecule has 0 amide bonds. The van der Waals surface area contributed by atoms with E-state index in [4.69, 9.17) is 0 Å². The molecule has 17 heavy (non-hydrogen) atoms. The molecular weight excluding hydrogens is 212 g/mol. The van der Waals surface area contributed by atoms with Gasteiger partial charge in [0.25, 0.3) is 0 Å². The average Bonchev–Trinajstić information content (AvgIpc) is 2.37. The first-order valence-corrected chi connectivity index (χ1v) is 5.32. The van der Waals surface area contributed by atoms with Gasteiger partial charge in [0.05, 0.1) is 5.69 Å². The SMILES string of the molecule is Cc1cc(C=CC=O)nc(-c2ccccc2)n1. The van der Waals surface area contributed by atoms with Crippen LogP contribution >= 0.6 is 0 Å². The molecule has 2 aromatic rings. The van der Waals surface area contributed by atoms with Crippen molar-refractivity contribution >= 4 is 12.4 Å². The Kier molecular flexibility index (Phi) is 3.40. The molecule has 0 aliphatic heterocycles. The molecule has 0 saturated heterocycles. The molecule has 1 heterocycles. The van der Waals surface area contributed by atoms with E-state index in [1.165, 1.54) is 6.08 Å². The van der Waals surface area contributed by atoms with E-state index in [1.807, 2.05) is 43.3 Å². The number of benzene rings is 1. The smallest absolute Gasteiger partial charge is 0.159 e. The van der Waals surface area contributed by atoms with Gasteiger partial charge in [-0.1, -0.05) is 30.3 Å². The number of carbonyl (C=O) groups excluding carboxylic acids is 1. The lowest BCUT2D eigenvalue weighted by Gasteiger charge is -2.02. The van der Waals surface area contributed by atoms with Gasteiger partial charge in [-0.05, 0) is 25.1 Å². The Morgan fingerprint density at radius 1 is 1.12 bits per heavy atom. The number of aldehydes is 1. The van der Waals surface area contributed by atoms with E-state index >= 15 is 0 Å². The molecule has 0 spiro atoms. The zero-order valence-electron chi connectivity index (χ0n) is 9.50. The Morgan fingerprint density at radius 3 is 2.59 bits per heavy atom. The van der Waals surface area contributed by atoms with Gasteiger partial charge >= 0.3 is 0 Å². The van der Waals surface area contributed by atoms with Crippen LogP contribution in [0.5, 0.6) is 0 Å². The summed E-state index contributed by atoms with van der Waals surface area (Å²) in [6, 6.07) is 11.6. The molecule has 3 heteroatoms. The summed E-state index contributed by atoms with van der Waals surface area (Å²) in [5, 5.41) is 0. The largest absolute Gasteiger partial charge is 0.299 e. The molecule has 0 unspecified atom stereocenters. The molecule has 84 valence electrons. The van der Waals surface area contributed by atoms with E-state index in [2.05, 4.69) is 9.97 Å². The van der Waals surface area contributed by atoms with Crippen LogP contribution in [-0.2, 0) is 4.79 Å². The quantitative estimate of drug-likeness (QED) is 0.594. The van der Waals surface area contributed by atoms with Crippen LogP contribution in [0.1, 0.15) is 11.4 Å². The van der Waals surface area contributed by atoms with Crippen molar-refractivity contribution in [3.63, 3.8) is 0 Å². The highest BCUT2D eigenvalue weighted by molar-refractivity contribution is 5.73. The van der Waals surface area contributed by atoms with Gasteiger partial charge in [0, 0.05) is 11.3 Å². The van der Waals surface area contributed by atoms with Gasteiger partial charge in [0.1, 0.15) is 6.29 Å². The van der Waals surface area contributed by atoms with Crippen LogP contribution in [0.4, 0.5) is 0 Å². The Morgan fingerprint density at radius 2 is 1.88 bits per heavy atom. The molecule has 0 saturated carbocycles. The fraction of sp³-hybridized carbons (Fsp3) is 0.0714. The molecule has 1 aromatic heterocycles. The van der Waals surface area contributed by atoms with Crippen LogP contribution in [0.15, 0.2) is 42.5 Å². The van der Waals surface area contributed by atoms with E-state index in [9.17, 15) is 4.79 Å². The first-order valence-electron chi connectivity index (χ1n) is 5.32. The zero-order chi connectivity index (χ0) is 12.1. The normalized spacial score (nSPS) is 10.6. The number of aromatic nitrogens is 2. The zero-order valence-corrected chi connectivity index (χ0v) is 9.50. The molecule has 0 radical (unpaired) electrons. The standard InChI is InChI=1S/C14H12N2O/c1-11-10-13(8-5-9-17)16-14(15-11)12-6-3-2-4-7-12/h2-10H,1H3. The minimum Gasteiger partial charge on any atom is -0.299 e.